The van der Waals surface area contributed by atoms with Crippen molar-refractivity contribution in [2.24, 2.45) is 5.41 Å². The highest BCUT2D eigenvalue weighted by Gasteiger charge is 2.62. The lowest BCUT2D eigenvalue weighted by Crippen LogP contribution is -2.61. The largest absolute Gasteiger partial charge is 0.468 e. The Balaban J connectivity index is 1.66. The summed E-state index contributed by atoms with van der Waals surface area (Å²) in [5, 5.41) is 0. The summed E-state index contributed by atoms with van der Waals surface area (Å²) in [7, 11) is 1.32. The number of ether oxygens (including phenoxy) is 1. The molecular weight excluding hydrogens is 356 g/mol. The van der Waals surface area contributed by atoms with Crippen LogP contribution in [0.2, 0.25) is 0 Å². The van der Waals surface area contributed by atoms with Gasteiger partial charge in [-0.3, -0.25) is 19.3 Å². The number of rotatable bonds is 5. The Morgan fingerprint density at radius 2 is 1.86 bits per heavy atom. The second-order valence-electron chi connectivity index (χ2n) is 8.26. The van der Waals surface area contributed by atoms with Crippen LogP contribution in [-0.4, -0.2) is 59.7 Å². The predicted molar refractivity (Wildman–Crippen MR) is 103 cm³/mol. The first kappa shape index (κ1) is 19.1. The van der Waals surface area contributed by atoms with Crippen LogP contribution in [0.1, 0.15) is 44.1 Å². The van der Waals surface area contributed by atoms with E-state index in [0.29, 0.717) is 26.1 Å². The minimum atomic E-state index is -1.38. The van der Waals surface area contributed by atoms with Crippen molar-refractivity contribution in [1.82, 2.24) is 9.80 Å². The van der Waals surface area contributed by atoms with Crippen molar-refractivity contribution in [3.63, 3.8) is 0 Å². The molecule has 1 aromatic rings. The van der Waals surface area contributed by atoms with Gasteiger partial charge >= 0.3 is 5.97 Å². The van der Waals surface area contributed by atoms with Crippen LogP contribution in [0.3, 0.4) is 0 Å². The molecule has 3 unspecified atom stereocenters. The van der Waals surface area contributed by atoms with E-state index in [-0.39, 0.29) is 30.2 Å². The Kier molecular flexibility index (Phi) is 5.23. The van der Waals surface area contributed by atoms with Gasteiger partial charge in [0.2, 0.25) is 5.91 Å². The van der Waals surface area contributed by atoms with E-state index in [4.69, 9.17) is 4.74 Å². The molecule has 1 aromatic carbocycles. The minimum Gasteiger partial charge on any atom is -0.468 e. The predicted octanol–water partition coefficient (Wildman–Crippen LogP) is 2.16. The molecule has 0 aliphatic carbocycles. The molecule has 6 heteroatoms. The highest BCUT2D eigenvalue weighted by molar-refractivity contribution is 6.08. The maximum absolute atomic E-state index is 13.2. The molecule has 3 aliphatic rings. The molecular formula is C22H28N2O4. The van der Waals surface area contributed by atoms with Crippen molar-refractivity contribution in [3.05, 3.63) is 35.9 Å². The summed E-state index contributed by atoms with van der Waals surface area (Å²) in [6.07, 6.45) is 3.82. The summed E-state index contributed by atoms with van der Waals surface area (Å²) in [5.74, 6) is -0.765. The van der Waals surface area contributed by atoms with Crippen molar-refractivity contribution in [2.45, 2.75) is 57.2 Å². The fraction of sp³-hybridized carbons (Fsp3) is 0.591. The van der Waals surface area contributed by atoms with E-state index in [1.807, 2.05) is 18.2 Å². The average molecular weight is 384 g/mol. The van der Waals surface area contributed by atoms with Crippen LogP contribution in [0.5, 0.6) is 0 Å². The molecule has 0 radical (unpaired) electrons. The summed E-state index contributed by atoms with van der Waals surface area (Å²) < 4.78 is 5.12. The molecule has 0 spiro atoms. The van der Waals surface area contributed by atoms with Crippen LogP contribution in [0.4, 0.5) is 0 Å². The Hall–Kier alpha value is -2.21. The quantitative estimate of drug-likeness (QED) is 0.575. The number of carbonyl (C=O) groups is 3. The molecule has 0 N–H and O–H groups in total. The highest BCUT2D eigenvalue weighted by atomic mass is 16.5. The number of carbonyl (C=O) groups excluding carboxylic acids is 3. The van der Waals surface area contributed by atoms with Crippen molar-refractivity contribution >= 4 is 17.7 Å². The number of hydrogen-bond donors (Lipinski definition) is 0. The zero-order valence-electron chi connectivity index (χ0n) is 16.4. The summed E-state index contributed by atoms with van der Waals surface area (Å²) in [4.78, 5) is 43.3. The maximum atomic E-state index is 13.2. The number of benzene rings is 1. The molecule has 6 nitrogen and oxygen atoms in total. The van der Waals surface area contributed by atoms with Gasteiger partial charge in [-0.2, -0.15) is 0 Å². The Morgan fingerprint density at radius 3 is 2.54 bits per heavy atom. The zero-order valence-corrected chi connectivity index (χ0v) is 16.4. The summed E-state index contributed by atoms with van der Waals surface area (Å²) >= 11 is 0. The second-order valence-corrected chi connectivity index (χ2v) is 8.26. The van der Waals surface area contributed by atoms with E-state index in [2.05, 4.69) is 17.0 Å². The van der Waals surface area contributed by atoms with E-state index in [1.165, 1.54) is 7.11 Å². The second kappa shape index (κ2) is 7.66. The van der Waals surface area contributed by atoms with E-state index in [1.54, 1.807) is 4.90 Å². The first-order valence-corrected chi connectivity index (χ1v) is 10.3. The molecule has 3 saturated heterocycles. The van der Waals surface area contributed by atoms with Gasteiger partial charge in [-0.1, -0.05) is 30.3 Å². The molecule has 3 atom stereocenters. The molecule has 28 heavy (non-hydrogen) atoms. The monoisotopic (exact) mass is 384 g/mol. The molecule has 0 aromatic heterocycles. The Labute approximate surface area is 165 Å². The third-order valence-electron chi connectivity index (χ3n) is 6.78. The Morgan fingerprint density at radius 1 is 1.14 bits per heavy atom. The van der Waals surface area contributed by atoms with Gasteiger partial charge in [0.25, 0.3) is 0 Å². The first-order chi connectivity index (χ1) is 13.6. The fourth-order valence-electron chi connectivity index (χ4n) is 5.34. The number of amides is 1. The lowest BCUT2D eigenvalue weighted by Gasteiger charge is -2.45. The molecule has 150 valence electrons. The van der Waals surface area contributed by atoms with Gasteiger partial charge < -0.3 is 9.64 Å². The van der Waals surface area contributed by atoms with Crippen LogP contribution < -0.4 is 0 Å². The zero-order chi connectivity index (χ0) is 19.7. The van der Waals surface area contributed by atoms with E-state index >= 15 is 0 Å². The fourth-order valence-corrected chi connectivity index (χ4v) is 5.34. The summed E-state index contributed by atoms with van der Waals surface area (Å²) in [5.41, 5.74) is -0.227. The summed E-state index contributed by atoms with van der Waals surface area (Å²) in [6, 6.07) is 9.95. The van der Waals surface area contributed by atoms with Crippen LogP contribution in [-0.2, 0) is 25.7 Å². The smallest absolute Gasteiger partial charge is 0.321 e. The third-order valence-corrected chi connectivity index (χ3v) is 6.78. The van der Waals surface area contributed by atoms with Crippen LogP contribution in [0.25, 0.3) is 0 Å². The number of hydrogen-bond acceptors (Lipinski definition) is 5. The van der Waals surface area contributed by atoms with Crippen LogP contribution >= 0.6 is 0 Å². The number of esters is 1. The van der Waals surface area contributed by atoms with Gasteiger partial charge in [-0.25, -0.2) is 0 Å². The van der Waals surface area contributed by atoms with Crippen molar-refractivity contribution < 1.29 is 19.1 Å². The number of likely N-dealkylation sites (tertiary alicyclic amines) is 1. The normalized spacial score (nSPS) is 29.9. The Bertz CT molecular complexity index is 759. The highest BCUT2D eigenvalue weighted by Crippen LogP contribution is 2.48. The molecule has 3 heterocycles. The lowest BCUT2D eigenvalue weighted by molar-refractivity contribution is -0.170. The molecule has 2 bridgehead atoms. The first-order valence-electron chi connectivity index (χ1n) is 10.3. The van der Waals surface area contributed by atoms with Crippen molar-refractivity contribution in [1.29, 1.82) is 0 Å². The minimum absolute atomic E-state index is 0.0683. The number of methoxy groups -OCH3 is 1. The standard InChI is InChI=1S/C22H28N2O4/c1-28-21(27)22(14-20(26)23-11-5-6-12-23)18-10-9-17(13-19(22)25)24(18)15-16-7-3-2-4-8-16/h2-4,7-8,17-18H,5-6,9-15H2,1H3. The van der Waals surface area contributed by atoms with Crippen molar-refractivity contribution in [2.75, 3.05) is 20.2 Å². The van der Waals surface area contributed by atoms with Gasteiger partial charge in [0.1, 0.15) is 0 Å². The van der Waals surface area contributed by atoms with E-state index < -0.39 is 11.4 Å². The number of nitrogens with zero attached hydrogens (tertiary/aromatic N) is 2. The van der Waals surface area contributed by atoms with E-state index in [9.17, 15) is 14.4 Å². The summed E-state index contributed by atoms with van der Waals surface area (Å²) in [6.45, 7) is 2.11. The number of fused-ring (bicyclic) bond motifs is 2. The number of ketones is 1. The van der Waals surface area contributed by atoms with E-state index in [0.717, 1.165) is 31.2 Å². The number of piperidine rings is 1. The van der Waals surface area contributed by atoms with Gasteiger partial charge in [-0.15, -0.1) is 0 Å². The maximum Gasteiger partial charge on any atom is 0.321 e. The van der Waals surface area contributed by atoms with Crippen molar-refractivity contribution in [3.8, 4) is 0 Å². The van der Waals surface area contributed by atoms with Gasteiger partial charge in [0.05, 0.1) is 13.5 Å². The van der Waals surface area contributed by atoms with Gasteiger partial charge in [-0.05, 0) is 31.2 Å². The molecule has 3 fully saturated rings. The third kappa shape index (κ3) is 3.13. The topological polar surface area (TPSA) is 66.9 Å². The van der Waals surface area contributed by atoms with Gasteiger partial charge in [0, 0.05) is 38.1 Å². The molecule has 3 aliphatic heterocycles. The number of Topliss-reactive ketones (excluding diaryl/α,β-unsaturated/α-hetero) is 1. The van der Waals surface area contributed by atoms with Crippen LogP contribution in [0, 0.1) is 5.41 Å². The molecule has 0 saturated carbocycles. The lowest BCUT2D eigenvalue weighted by atomic mass is 9.69. The molecule has 1 amide bonds. The SMILES string of the molecule is COC(=O)C1(CC(=O)N2CCCC2)C(=O)CC2CCC1N2Cc1ccccc1. The van der Waals surface area contributed by atoms with Crippen LogP contribution in [0.15, 0.2) is 30.3 Å². The molecule has 4 rings (SSSR count). The van der Waals surface area contributed by atoms with Gasteiger partial charge in [0.15, 0.2) is 11.2 Å². The average Bonchev–Trinajstić information content (AvgIpc) is 3.34.